The third-order valence-corrected chi connectivity index (χ3v) is 17.5. The monoisotopic (exact) mass is 1380 g/mol. The molecule has 5 rings (SSSR count). The van der Waals surface area contributed by atoms with Crippen molar-refractivity contribution in [1.82, 2.24) is 9.80 Å². The predicted octanol–water partition coefficient (Wildman–Crippen LogP) is 5.38. The molecule has 82 heavy (non-hydrogen) atoms. The van der Waals surface area contributed by atoms with Crippen molar-refractivity contribution in [3.63, 3.8) is 0 Å². The normalized spacial score (nSPS) is 20.0. The van der Waals surface area contributed by atoms with Gasteiger partial charge in [-0.3, -0.25) is 9.79 Å². The minimum absolute atomic E-state index is 0. The van der Waals surface area contributed by atoms with E-state index in [2.05, 4.69) is 51.8 Å². The van der Waals surface area contributed by atoms with E-state index in [0.717, 1.165) is 23.9 Å². The Morgan fingerprint density at radius 2 is 1.13 bits per heavy atom. The molecule has 2 aliphatic heterocycles. The molecule has 0 unspecified atom stereocenters. The van der Waals surface area contributed by atoms with Crippen molar-refractivity contribution in [2.75, 3.05) is 53.4 Å². The van der Waals surface area contributed by atoms with E-state index in [0.29, 0.717) is 36.3 Å². The van der Waals surface area contributed by atoms with Gasteiger partial charge in [0.05, 0.1) is 37.2 Å². The number of ether oxygens (including phenoxy) is 6. The molecule has 1 fully saturated rings. The van der Waals surface area contributed by atoms with Gasteiger partial charge in [-0.05, 0) is 128 Å². The number of hydrogen-bond donors (Lipinski definition) is 0. The number of methoxy groups -OCH3 is 2. The van der Waals surface area contributed by atoms with Gasteiger partial charge in [0, 0.05) is 46.4 Å². The van der Waals surface area contributed by atoms with Crippen molar-refractivity contribution in [3.8, 4) is 0 Å². The summed E-state index contributed by atoms with van der Waals surface area (Å²) in [4.78, 5) is 64.5. The molecule has 0 saturated heterocycles. The van der Waals surface area contributed by atoms with Crippen LogP contribution in [0.1, 0.15) is 105 Å². The molecule has 2 aromatic rings. The van der Waals surface area contributed by atoms with E-state index < -0.39 is 78.7 Å². The molecule has 2 amide bonds. The molecule has 0 spiro atoms. The van der Waals surface area contributed by atoms with Crippen molar-refractivity contribution < 1.29 is 142 Å². The number of benzene rings is 2. The van der Waals surface area contributed by atoms with Crippen molar-refractivity contribution in [1.29, 1.82) is 0 Å². The molecule has 2 N–H and O–H groups in total. The molecule has 2 heterocycles. The summed E-state index contributed by atoms with van der Waals surface area (Å²) in [5.41, 5.74) is -3.00. The fraction of sp³-hybridized carbons (Fsp3) is 0.649. The molecule has 0 radical (unpaired) electrons. The minimum Gasteiger partial charge on any atom is -1.00 e. The van der Waals surface area contributed by atoms with E-state index in [1.807, 2.05) is 6.92 Å². The first-order valence-electron chi connectivity index (χ1n) is 26.3. The first kappa shape index (κ1) is 82.6. The van der Waals surface area contributed by atoms with Crippen LogP contribution in [0.3, 0.4) is 0 Å². The number of thioether (sulfide) groups is 2. The number of hydrogen-bond acceptors (Lipinski definition) is 15. The molecular formula is C57H94F2IKN4O12S3Si2. The fourth-order valence-corrected chi connectivity index (χ4v) is 11.7. The molecule has 2 aromatic carbocycles. The average molecular weight is 1380 g/mol. The Morgan fingerprint density at radius 3 is 1.52 bits per heavy atom. The van der Waals surface area contributed by atoms with Gasteiger partial charge in [0.2, 0.25) is 0 Å². The Kier molecular flexibility index (Phi) is 34.6. The predicted molar refractivity (Wildman–Crippen MR) is 328 cm³/mol. The summed E-state index contributed by atoms with van der Waals surface area (Å²) >= 11 is 3.56. The Bertz CT molecular complexity index is 2530. The number of amidine groups is 2. The molecule has 0 bridgehead atoms. The standard InChI is InChI=1S/C26H39FN2O5SSi.C25H37FN2O5SSi.C4H9O.C2H6S.HI.K.H2O/c1-17-11-10-12-18(20(17)27)25(5)19-15-26(19,21(30)32-6)35-22(28-25)29(23(31)34-24(2,3)4)16-33-13-14-36(7,8)9;1-17-11-10-12-18(20(17)26)25(5)15-19(21(29)31-6)34-22(27-25)28(23(30)33-24(2,3)4)16-32-13-14-35(7,8)9;1-4(2,3)5;1-3-2;;;/h10-12,19H,13-16H2,1-9H3;10-12,15H,13-14,16H2,1-9H3;1-3H3;1-2H3;1H;;1H2/q;;-1;;;+1;/t19-,25+,26-;25-;;;;;/m00...../s1. The Hall–Kier alpha value is -1.45. The molecule has 25 heteroatoms. The van der Waals surface area contributed by atoms with Crippen molar-refractivity contribution >= 4 is 85.9 Å². The average Bonchev–Trinajstić information content (AvgIpc) is 4.05. The Morgan fingerprint density at radius 1 is 0.732 bits per heavy atom. The zero-order valence-electron chi connectivity index (χ0n) is 53.2. The number of halogens is 3. The molecule has 462 valence electrons. The Labute approximate surface area is 563 Å². The number of carbonyl (C=O) groups is 4. The summed E-state index contributed by atoms with van der Waals surface area (Å²) in [6.45, 7) is 36.6. The van der Waals surface area contributed by atoms with Crippen LogP contribution < -0.4 is 80.5 Å². The van der Waals surface area contributed by atoms with E-state index >= 15 is 8.78 Å². The number of aliphatic imine (C=N–C) groups is 2. The van der Waals surface area contributed by atoms with Crippen LogP contribution >= 0.6 is 23.5 Å². The molecule has 0 aromatic heterocycles. The number of fused-ring (bicyclic) bond motifs is 1. The van der Waals surface area contributed by atoms with E-state index in [1.165, 1.54) is 47.5 Å². The Balaban J connectivity index is 0. The summed E-state index contributed by atoms with van der Waals surface area (Å²) in [6, 6.07) is 12.0. The second-order valence-electron chi connectivity index (χ2n) is 25.4. The summed E-state index contributed by atoms with van der Waals surface area (Å²) in [5, 5.41) is 10.5. The maximum absolute atomic E-state index is 15.4. The van der Waals surface area contributed by atoms with E-state index in [9.17, 15) is 24.3 Å². The summed E-state index contributed by atoms with van der Waals surface area (Å²) in [7, 11) is -0.0880. The molecule has 1 saturated carbocycles. The number of amides is 2. The van der Waals surface area contributed by atoms with Gasteiger partial charge >= 0.3 is 75.5 Å². The van der Waals surface area contributed by atoms with E-state index in [-0.39, 0.29) is 127 Å². The van der Waals surface area contributed by atoms with Crippen molar-refractivity contribution in [2.45, 2.75) is 180 Å². The van der Waals surface area contributed by atoms with Gasteiger partial charge in [-0.25, -0.2) is 38.0 Å². The van der Waals surface area contributed by atoms with E-state index in [4.69, 9.17) is 38.4 Å². The van der Waals surface area contributed by atoms with Gasteiger partial charge < -0.3 is 63.0 Å². The molecular weight excluding hydrogens is 1290 g/mol. The molecule has 1 aliphatic carbocycles. The van der Waals surface area contributed by atoms with Crippen LogP contribution in [0.2, 0.25) is 51.4 Å². The summed E-state index contributed by atoms with van der Waals surface area (Å²) < 4.78 is 62.7. The smallest absolute Gasteiger partial charge is 1.00 e. The van der Waals surface area contributed by atoms with Gasteiger partial charge in [0.25, 0.3) is 0 Å². The number of thiol groups is 1. The van der Waals surface area contributed by atoms with Crippen LogP contribution in [0.15, 0.2) is 57.4 Å². The van der Waals surface area contributed by atoms with Gasteiger partial charge in [-0.1, -0.05) is 108 Å². The topological polar surface area (TPSA) is 209 Å². The molecule has 16 nitrogen and oxygen atoms in total. The van der Waals surface area contributed by atoms with Crippen molar-refractivity contribution in [2.24, 2.45) is 15.9 Å². The SMILES string of the molecule is CC(C)(C)[O-].COC(=O)C1=C[C@@](C)(c2cccc(C)c2F)N=C(N(COCC[Si](C)(C)C)C(=O)OC(C)(C)C)S1.COC(=O)[C@]12C[C@H]1[C@@](C)(c1cccc(C)c1F)N=C(N(COCC[Si](C)(C)C)C(=O)OC(C)(C)C)S2.C[SH+]C.O.[I-].[K+]. The fourth-order valence-electron chi connectivity index (χ4n) is 7.52. The number of nitrogens with zero attached hydrogens (tertiary/aromatic N) is 4. The first-order valence-corrected chi connectivity index (χ1v) is 37.2. The number of aryl methyl sites for hydroxylation is 2. The zero-order chi connectivity index (χ0) is 60.9. The van der Waals surface area contributed by atoms with Crippen LogP contribution in [-0.2, 0) is 60.8 Å². The van der Waals surface area contributed by atoms with E-state index in [1.54, 1.807) is 126 Å². The van der Waals surface area contributed by atoms with Crippen LogP contribution in [0.5, 0.6) is 0 Å². The number of esters is 2. The van der Waals surface area contributed by atoms with Gasteiger partial charge in [-0.15, -0.1) is 5.60 Å². The third-order valence-electron chi connectivity index (χ3n) is 11.6. The van der Waals surface area contributed by atoms with Crippen LogP contribution in [-0.4, -0.2) is 141 Å². The number of rotatable bonds is 14. The second kappa shape index (κ2) is 34.3. The summed E-state index contributed by atoms with van der Waals surface area (Å²) in [5.74, 6) is -2.09. The third kappa shape index (κ3) is 26.5. The largest absolute Gasteiger partial charge is 1.00 e. The van der Waals surface area contributed by atoms with Crippen LogP contribution in [0, 0.1) is 31.4 Å². The quantitative estimate of drug-likeness (QED) is 0.0341. The molecule has 3 aliphatic rings. The second-order valence-corrected chi connectivity index (χ2v) is 39.8. The van der Waals surface area contributed by atoms with Crippen LogP contribution in [0.25, 0.3) is 0 Å². The van der Waals surface area contributed by atoms with Gasteiger partial charge in [0.1, 0.15) is 46.6 Å². The maximum atomic E-state index is 15.4. The van der Waals surface area contributed by atoms with Crippen molar-refractivity contribution in [3.05, 3.63) is 81.3 Å². The number of carbonyl (C=O) groups excluding carboxylic acids is 4. The van der Waals surface area contributed by atoms with Crippen LogP contribution in [0.4, 0.5) is 18.4 Å². The molecule has 4 atom stereocenters. The maximum Gasteiger partial charge on any atom is 1.00 e. The minimum atomic E-state index is -1.35. The first-order chi connectivity index (χ1) is 36.0. The zero-order valence-corrected chi connectivity index (χ0v) is 63.1. The van der Waals surface area contributed by atoms with Gasteiger partial charge in [-0.2, -0.15) is 0 Å². The summed E-state index contributed by atoms with van der Waals surface area (Å²) in [6.07, 6.45) is 4.91. The van der Waals surface area contributed by atoms with Gasteiger partial charge in [0.15, 0.2) is 10.3 Å².